The molecule has 0 aliphatic heterocycles. The Bertz CT molecular complexity index is 652. The molecule has 2 rings (SSSR count). The van der Waals surface area contributed by atoms with Crippen molar-refractivity contribution >= 4 is 27.0 Å². The maximum absolute atomic E-state index is 12.0. The van der Waals surface area contributed by atoms with Crippen molar-refractivity contribution in [2.24, 2.45) is 0 Å². The van der Waals surface area contributed by atoms with Crippen molar-refractivity contribution in [3.05, 3.63) is 40.8 Å². The monoisotopic (exact) mass is 325 g/mol. The Labute approximate surface area is 129 Å². The molecule has 0 amide bonds. The number of anilines is 1. The van der Waals surface area contributed by atoms with Gasteiger partial charge in [-0.15, -0.1) is 11.3 Å². The maximum Gasteiger partial charge on any atom is 0.240 e. The van der Waals surface area contributed by atoms with Crippen molar-refractivity contribution in [3.8, 4) is 0 Å². The minimum Gasteiger partial charge on any atom is -0.376 e. The summed E-state index contributed by atoms with van der Waals surface area (Å²) in [4.78, 5) is 4.53. The number of benzene rings is 1. The molecule has 1 unspecified atom stereocenters. The summed E-state index contributed by atoms with van der Waals surface area (Å²) in [6.07, 6.45) is 2.54. The number of thiazole rings is 1. The van der Waals surface area contributed by atoms with Crippen LogP contribution in [0.5, 0.6) is 0 Å². The molecule has 0 bridgehead atoms. The van der Waals surface area contributed by atoms with Gasteiger partial charge in [-0.1, -0.05) is 6.92 Å². The fraction of sp³-hybridized carbons (Fsp3) is 0.357. The van der Waals surface area contributed by atoms with Gasteiger partial charge in [0.25, 0.3) is 0 Å². The van der Waals surface area contributed by atoms with E-state index in [-0.39, 0.29) is 10.9 Å². The molecular weight excluding hydrogens is 306 g/mol. The first kappa shape index (κ1) is 15.9. The highest BCUT2D eigenvalue weighted by atomic mass is 32.2. The number of rotatable bonds is 7. The molecule has 0 aliphatic rings. The van der Waals surface area contributed by atoms with Crippen LogP contribution in [-0.4, -0.2) is 19.9 Å². The Morgan fingerprint density at radius 1 is 1.29 bits per heavy atom. The van der Waals surface area contributed by atoms with Crippen LogP contribution in [0.3, 0.4) is 0 Å². The van der Waals surface area contributed by atoms with E-state index in [1.165, 1.54) is 0 Å². The molecule has 0 saturated heterocycles. The molecular formula is C14H19N3O2S2. The highest BCUT2D eigenvalue weighted by Gasteiger charge is 2.13. The second-order valence-electron chi connectivity index (χ2n) is 4.66. The normalized spacial score (nSPS) is 13.0. The van der Waals surface area contributed by atoms with E-state index in [1.54, 1.807) is 41.8 Å². The number of hydrogen-bond donors (Lipinski definition) is 2. The zero-order chi connectivity index (χ0) is 15.3. The molecule has 0 fully saturated rings. The summed E-state index contributed by atoms with van der Waals surface area (Å²) in [5, 5.41) is 6.23. The number of aromatic nitrogens is 1. The average molecular weight is 325 g/mol. The number of hydrogen-bond acceptors (Lipinski definition) is 5. The molecule has 2 aromatic rings. The summed E-state index contributed by atoms with van der Waals surface area (Å²) in [7, 11) is -3.40. The van der Waals surface area contributed by atoms with E-state index in [9.17, 15) is 8.42 Å². The van der Waals surface area contributed by atoms with Gasteiger partial charge in [0.1, 0.15) is 5.01 Å². The largest absolute Gasteiger partial charge is 0.376 e. The molecule has 114 valence electrons. The molecule has 0 aliphatic carbocycles. The molecule has 1 heterocycles. The van der Waals surface area contributed by atoms with Gasteiger partial charge in [-0.2, -0.15) is 0 Å². The fourth-order valence-electron chi connectivity index (χ4n) is 1.81. The van der Waals surface area contributed by atoms with Gasteiger partial charge in [0.2, 0.25) is 10.0 Å². The summed E-state index contributed by atoms with van der Waals surface area (Å²) in [5.74, 6) is 0. The second kappa shape index (κ2) is 7.02. The Morgan fingerprint density at radius 2 is 2.00 bits per heavy atom. The van der Waals surface area contributed by atoms with Crippen molar-refractivity contribution in [1.82, 2.24) is 9.71 Å². The second-order valence-corrected chi connectivity index (χ2v) is 7.35. The zero-order valence-corrected chi connectivity index (χ0v) is 13.7. The topological polar surface area (TPSA) is 71.1 Å². The van der Waals surface area contributed by atoms with Crippen molar-refractivity contribution in [3.63, 3.8) is 0 Å². The summed E-state index contributed by atoms with van der Waals surface area (Å²) in [6.45, 7) is 4.39. The van der Waals surface area contributed by atoms with Crippen LogP contribution in [0.15, 0.2) is 40.7 Å². The third-order valence-electron chi connectivity index (χ3n) is 2.91. The third-order valence-corrected chi connectivity index (χ3v) is 5.35. The van der Waals surface area contributed by atoms with E-state index >= 15 is 0 Å². The molecule has 1 aromatic heterocycles. The maximum atomic E-state index is 12.0. The van der Waals surface area contributed by atoms with Gasteiger partial charge >= 0.3 is 0 Å². The first-order chi connectivity index (χ1) is 10.0. The first-order valence-corrected chi connectivity index (χ1v) is 9.15. The predicted octanol–water partition coefficient (Wildman–Crippen LogP) is 3.00. The molecule has 1 aromatic carbocycles. The van der Waals surface area contributed by atoms with Crippen LogP contribution in [0.4, 0.5) is 5.69 Å². The lowest BCUT2D eigenvalue weighted by Gasteiger charge is -2.13. The van der Waals surface area contributed by atoms with Crippen LogP contribution in [0.2, 0.25) is 0 Å². The van der Waals surface area contributed by atoms with Gasteiger partial charge in [-0.25, -0.2) is 18.1 Å². The standard InChI is InChI=1S/C14H19N3O2S2/c1-3-8-16-21(18,19)13-6-4-12(5-7-13)17-11(2)14-15-9-10-20-14/h4-7,9-11,16-17H,3,8H2,1-2H3. The number of nitrogens with zero attached hydrogens (tertiary/aromatic N) is 1. The van der Waals surface area contributed by atoms with Crippen LogP contribution in [0.25, 0.3) is 0 Å². The number of sulfonamides is 1. The zero-order valence-electron chi connectivity index (χ0n) is 12.0. The van der Waals surface area contributed by atoms with Crippen molar-refractivity contribution < 1.29 is 8.42 Å². The van der Waals surface area contributed by atoms with Crippen LogP contribution >= 0.6 is 11.3 Å². The molecule has 1 atom stereocenters. The smallest absolute Gasteiger partial charge is 0.240 e. The molecule has 0 saturated carbocycles. The van der Waals surface area contributed by atoms with Crippen LogP contribution in [0.1, 0.15) is 31.3 Å². The van der Waals surface area contributed by atoms with Crippen LogP contribution in [-0.2, 0) is 10.0 Å². The van der Waals surface area contributed by atoms with Gasteiger partial charge in [-0.3, -0.25) is 0 Å². The van der Waals surface area contributed by atoms with Crippen molar-refractivity contribution in [2.45, 2.75) is 31.2 Å². The van der Waals surface area contributed by atoms with Crippen molar-refractivity contribution in [2.75, 3.05) is 11.9 Å². The van der Waals surface area contributed by atoms with E-state index < -0.39 is 10.0 Å². The molecule has 5 nitrogen and oxygen atoms in total. The number of nitrogens with one attached hydrogen (secondary N) is 2. The summed E-state index contributed by atoms with van der Waals surface area (Å²) in [5.41, 5.74) is 0.868. The summed E-state index contributed by atoms with van der Waals surface area (Å²) < 4.78 is 26.5. The fourth-order valence-corrected chi connectivity index (χ4v) is 3.59. The van der Waals surface area contributed by atoms with Gasteiger partial charge in [0.05, 0.1) is 10.9 Å². The molecule has 0 radical (unpaired) electrons. The Balaban J connectivity index is 2.05. The lowest BCUT2D eigenvalue weighted by Crippen LogP contribution is -2.24. The highest BCUT2D eigenvalue weighted by Crippen LogP contribution is 2.22. The van der Waals surface area contributed by atoms with E-state index in [0.717, 1.165) is 17.1 Å². The minimum absolute atomic E-state index is 0.0886. The van der Waals surface area contributed by atoms with E-state index in [2.05, 4.69) is 15.0 Å². The Hall–Kier alpha value is -1.44. The van der Waals surface area contributed by atoms with Gasteiger partial charge in [0, 0.05) is 23.8 Å². The predicted molar refractivity (Wildman–Crippen MR) is 86.1 cm³/mol. The van der Waals surface area contributed by atoms with Gasteiger partial charge in [0.15, 0.2) is 0 Å². The third kappa shape index (κ3) is 4.26. The van der Waals surface area contributed by atoms with Crippen LogP contribution in [0, 0.1) is 0 Å². The average Bonchev–Trinajstić information content (AvgIpc) is 3.00. The van der Waals surface area contributed by atoms with Gasteiger partial charge in [-0.05, 0) is 37.6 Å². The lowest BCUT2D eigenvalue weighted by atomic mass is 10.3. The van der Waals surface area contributed by atoms with Crippen molar-refractivity contribution in [1.29, 1.82) is 0 Å². The van der Waals surface area contributed by atoms with Gasteiger partial charge < -0.3 is 5.32 Å². The molecule has 7 heteroatoms. The van der Waals surface area contributed by atoms with E-state index in [1.807, 2.05) is 19.2 Å². The Morgan fingerprint density at radius 3 is 2.57 bits per heavy atom. The Kier molecular flexibility index (Phi) is 5.33. The van der Waals surface area contributed by atoms with E-state index in [0.29, 0.717) is 6.54 Å². The SMILES string of the molecule is CCCNS(=O)(=O)c1ccc(NC(C)c2nccs2)cc1. The quantitative estimate of drug-likeness (QED) is 0.821. The first-order valence-electron chi connectivity index (χ1n) is 6.78. The molecule has 21 heavy (non-hydrogen) atoms. The summed E-state index contributed by atoms with van der Waals surface area (Å²) in [6, 6.07) is 6.84. The molecule has 0 spiro atoms. The summed E-state index contributed by atoms with van der Waals surface area (Å²) >= 11 is 1.59. The van der Waals surface area contributed by atoms with E-state index in [4.69, 9.17) is 0 Å². The van der Waals surface area contributed by atoms with Crippen LogP contribution < -0.4 is 10.0 Å². The lowest BCUT2D eigenvalue weighted by molar-refractivity contribution is 0.581. The molecule has 2 N–H and O–H groups in total. The highest BCUT2D eigenvalue weighted by molar-refractivity contribution is 7.89. The minimum atomic E-state index is -3.40.